The molecule has 1 aliphatic heterocycles. The molecule has 1 aromatic heterocycles. The van der Waals surface area contributed by atoms with Gasteiger partial charge >= 0.3 is 0 Å². The first-order chi connectivity index (χ1) is 14.0. The van der Waals surface area contributed by atoms with E-state index < -0.39 is 5.92 Å². The van der Waals surface area contributed by atoms with E-state index in [9.17, 15) is 14.0 Å². The summed E-state index contributed by atoms with van der Waals surface area (Å²) in [5, 5.41) is 5.00. The van der Waals surface area contributed by atoms with Gasteiger partial charge in [0.2, 0.25) is 11.8 Å². The topological polar surface area (TPSA) is 49.4 Å². The first-order valence-electron chi connectivity index (χ1n) is 9.17. The van der Waals surface area contributed by atoms with Gasteiger partial charge in [0, 0.05) is 22.3 Å². The molecule has 0 bridgehead atoms. The van der Waals surface area contributed by atoms with Crippen molar-refractivity contribution in [2.45, 2.75) is 12.5 Å². The third kappa shape index (κ3) is 4.26. The molecule has 1 aliphatic rings. The van der Waals surface area contributed by atoms with E-state index in [1.807, 2.05) is 41.8 Å². The number of anilines is 1. The highest BCUT2D eigenvalue weighted by molar-refractivity contribution is 9.10. The van der Waals surface area contributed by atoms with Gasteiger partial charge < -0.3 is 10.2 Å². The van der Waals surface area contributed by atoms with E-state index in [0.29, 0.717) is 6.54 Å². The zero-order chi connectivity index (χ0) is 20.4. The lowest BCUT2D eigenvalue weighted by Gasteiger charge is -2.21. The van der Waals surface area contributed by atoms with Crippen LogP contribution in [0.3, 0.4) is 0 Å². The second-order valence-electron chi connectivity index (χ2n) is 6.87. The van der Waals surface area contributed by atoms with Crippen LogP contribution in [-0.4, -0.2) is 18.4 Å². The standard InChI is InChI=1S/C22H18BrFN2O2S/c23-17-4-1-2-5-18(17)26-13-15(12-20(26)27)22(28)25-21(19-6-3-11-29-19)14-7-9-16(24)10-8-14/h1-11,15,21H,12-13H2,(H,25,28). The Balaban J connectivity index is 1.53. The first-order valence-corrected chi connectivity index (χ1v) is 10.8. The summed E-state index contributed by atoms with van der Waals surface area (Å²) in [6.45, 7) is 0.327. The molecule has 0 saturated carbocycles. The number of amides is 2. The van der Waals surface area contributed by atoms with Crippen molar-refractivity contribution in [3.8, 4) is 0 Å². The lowest BCUT2D eigenvalue weighted by molar-refractivity contribution is -0.126. The zero-order valence-corrected chi connectivity index (χ0v) is 17.8. The molecular weight excluding hydrogens is 455 g/mol. The maximum atomic E-state index is 13.3. The molecule has 3 aromatic rings. The maximum absolute atomic E-state index is 13.3. The number of carbonyl (C=O) groups is 2. The highest BCUT2D eigenvalue weighted by Gasteiger charge is 2.36. The maximum Gasteiger partial charge on any atom is 0.227 e. The molecule has 0 radical (unpaired) electrons. The van der Waals surface area contributed by atoms with Crippen LogP contribution in [0.4, 0.5) is 10.1 Å². The van der Waals surface area contributed by atoms with Gasteiger partial charge in [-0.1, -0.05) is 30.3 Å². The molecule has 7 heteroatoms. The molecule has 1 N–H and O–H groups in total. The van der Waals surface area contributed by atoms with Gasteiger partial charge in [0.1, 0.15) is 5.82 Å². The van der Waals surface area contributed by atoms with Crippen LogP contribution < -0.4 is 10.2 Å². The van der Waals surface area contributed by atoms with E-state index in [1.165, 1.54) is 23.5 Å². The van der Waals surface area contributed by atoms with Crippen molar-refractivity contribution in [1.29, 1.82) is 0 Å². The summed E-state index contributed by atoms with van der Waals surface area (Å²) in [6.07, 6.45) is 0.160. The van der Waals surface area contributed by atoms with Crippen molar-refractivity contribution in [2.24, 2.45) is 5.92 Å². The monoisotopic (exact) mass is 472 g/mol. The third-order valence-electron chi connectivity index (χ3n) is 4.96. The fourth-order valence-corrected chi connectivity index (χ4v) is 4.78. The van der Waals surface area contributed by atoms with Gasteiger partial charge in [0.05, 0.1) is 17.6 Å². The Morgan fingerprint density at radius 1 is 1.14 bits per heavy atom. The number of nitrogens with zero attached hydrogens (tertiary/aromatic N) is 1. The number of benzene rings is 2. The van der Waals surface area contributed by atoms with Crippen LogP contribution in [0.15, 0.2) is 70.5 Å². The molecule has 2 heterocycles. The Bertz CT molecular complexity index is 1020. The molecule has 2 aromatic carbocycles. The lowest BCUT2D eigenvalue weighted by Crippen LogP contribution is -2.35. The smallest absolute Gasteiger partial charge is 0.227 e. The van der Waals surface area contributed by atoms with Crippen molar-refractivity contribution in [3.63, 3.8) is 0 Å². The SMILES string of the molecule is O=C(NC(c1ccc(F)cc1)c1cccs1)C1CC(=O)N(c2ccccc2Br)C1. The van der Waals surface area contributed by atoms with E-state index in [-0.39, 0.29) is 30.1 Å². The zero-order valence-electron chi connectivity index (χ0n) is 15.3. The Hall–Kier alpha value is -2.51. The van der Waals surface area contributed by atoms with Gasteiger partial charge in [-0.2, -0.15) is 0 Å². The van der Waals surface area contributed by atoms with Gasteiger partial charge in [0.15, 0.2) is 0 Å². The van der Waals surface area contributed by atoms with Crippen molar-refractivity contribution in [3.05, 3.63) is 86.8 Å². The second kappa shape index (κ2) is 8.47. The summed E-state index contributed by atoms with van der Waals surface area (Å²) in [7, 11) is 0. The predicted octanol–water partition coefficient (Wildman–Crippen LogP) is 4.91. The molecule has 0 spiro atoms. The largest absolute Gasteiger partial charge is 0.344 e. The molecule has 29 heavy (non-hydrogen) atoms. The molecule has 2 atom stereocenters. The van der Waals surface area contributed by atoms with Crippen molar-refractivity contribution in [1.82, 2.24) is 5.32 Å². The van der Waals surface area contributed by atoms with Gasteiger partial charge in [-0.3, -0.25) is 9.59 Å². The quantitative estimate of drug-likeness (QED) is 0.573. The van der Waals surface area contributed by atoms with Crippen LogP contribution in [-0.2, 0) is 9.59 Å². The van der Waals surface area contributed by atoms with Crippen LogP contribution in [0.1, 0.15) is 22.9 Å². The molecule has 1 fully saturated rings. The van der Waals surface area contributed by atoms with E-state index in [2.05, 4.69) is 21.2 Å². The van der Waals surface area contributed by atoms with E-state index in [4.69, 9.17) is 0 Å². The number of halogens is 2. The Morgan fingerprint density at radius 2 is 1.90 bits per heavy atom. The molecule has 2 amide bonds. The average molecular weight is 473 g/mol. The minimum Gasteiger partial charge on any atom is -0.344 e. The summed E-state index contributed by atoms with van der Waals surface area (Å²) < 4.78 is 14.2. The van der Waals surface area contributed by atoms with Crippen molar-refractivity contribution >= 4 is 44.8 Å². The number of rotatable bonds is 5. The highest BCUT2D eigenvalue weighted by Crippen LogP contribution is 2.32. The number of hydrogen-bond acceptors (Lipinski definition) is 3. The summed E-state index contributed by atoms with van der Waals surface area (Å²) in [5.74, 6) is -1.03. The molecule has 4 nitrogen and oxygen atoms in total. The summed E-state index contributed by atoms with van der Waals surface area (Å²) in [5.41, 5.74) is 1.57. The predicted molar refractivity (Wildman–Crippen MR) is 115 cm³/mol. The van der Waals surface area contributed by atoms with Crippen molar-refractivity contribution in [2.75, 3.05) is 11.4 Å². The minimum absolute atomic E-state index is 0.0773. The molecule has 148 valence electrons. The fourth-order valence-electron chi connectivity index (χ4n) is 3.48. The summed E-state index contributed by atoms with van der Waals surface area (Å²) in [6, 6.07) is 17.1. The number of carbonyl (C=O) groups excluding carboxylic acids is 2. The van der Waals surface area contributed by atoms with Crippen LogP contribution in [0.25, 0.3) is 0 Å². The second-order valence-corrected chi connectivity index (χ2v) is 8.70. The number of nitrogens with one attached hydrogen (secondary N) is 1. The van der Waals surface area contributed by atoms with Crippen LogP contribution in [0.5, 0.6) is 0 Å². The lowest BCUT2D eigenvalue weighted by atomic mass is 10.0. The summed E-state index contributed by atoms with van der Waals surface area (Å²) in [4.78, 5) is 28.2. The Labute approximate surface area is 180 Å². The minimum atomic E-state index is -0.447. The van der Waals surface area contributed by atoms with E-state index in [0.717, 1.165) is 20.6 Å². The normalized spacial score (nSPS) is 17.4. The fraction of sp³-hybridized carbons (Fsp3) is 0.182. The van der Waals surface area contributed by atoms with Gasteiger partial charge in [-0.05, 0) is 57.2 Å². The highest BCUT2D eigenvalue weighted by atomic mass is 79.9. The van der Waals surface area contributed by atoms with Crippen LogP contribution >= 0.6 is 27.3 Å². The third-order valence-corrected chi connectivity index (χ3v) is 6.56. The molecule has 2 unspecified atom stereocenters. The Morgan fingerprint density at radius 3 is 2.59 bits per heavy atom. The van der Waals surface area contributed by atoms with Crippen molar-refractivity contribution < 1.29 is 14.0 Å². The number of para-hydroxylation sites is 1. The molecule has 4 rings (SSSR count). The number of hydrogen-bond donors (Lipinski definition) is 1. The van der Waals surface area contributed by atoms with Gasteiger partial charge in [-0.25, -0.2) is 4.39 Å². The van der Waals surface area contributed by atoms with E-state index in [1.54, 1.807) is 17.0 Å². The first kappa shape index (κ1) is 19.8. The van der Waals surface area contributed by atoms with Gasteiger partial charge in [-0.15, -0.1) is 11.3 Å². The summed E-state index contributed by atoms with van der Waals surface area (Å²) >= 11 is 4.99. The molecule has 0 aliphatic carbocycles. The molecule has 1 saturated heterocycles. The molecular formula is C22H18BrFN2O2S. The van der Waals surface area contributed by atoms with Gasteiger partial charge in [0.25, 0.3) is 0 Å². The number of thiophene rings is 1. The van der Waals surface area contributed by atoms with Crippen LogP contribution in [0, 0.1) is 11.7 Å². The van der Waals surface area contributed by atoms with E-state index >= 15 is 0 Å². The Kier molecular flexibility index (Phi) is 5.78. The average Bonchev–Trinajstić information content (AvgIpc) is 3.37. The van der Waals surface area contributed by atoms with Crippen LogP contribution in [0.2, 0.25) is 0 Å².